The Morgan fingerprint density at radius 2 is 2.47 bits per heavy atom. The van der Waals surface area contributed by atoms with Crippen molar-refractivity contribution in [2.45, 2.75) is 6.04 Å². The van der Waals surface area contributed by atoms with E-state index in [1.807, 2.05) is 18.2 Å². The second kappa shape index (κ2) is 4.27. The highest BCUT2D eigenvalue weighted by atomic mass is 16.2. The molecule has 2 heterocycles. The molecule has 1 atom stereocenters. The van der Waals surface area contributed by atoms with Crippen LogP contribution in [0.2, 0.25) is 0 Å². The Morgan fingerprint density at radius 3 is 3.13 bits per heavy atom. The molecule has 0 saturated carbocycles. The van der Waals surface area contributed by atoms with E-state index in [1.165, 1.54) is 0 Å². The van der Waals surface area contributed by atoms with Gasteiger partial charge in [0, 0.05) is 25.8 Å². The number of amides is 2. The first kappa shape index (κ1) is 9.92. The van der Waals surface area contributed by atoms with E-state index < -0.39 is 0 Å². The highest BCUT2D eigenvalue weighted by molar-refractivity contribution is 5.77. The number of hydrogen-bond donors (Lipinski definition) is 2. The molecule has 0 spiro atoms. The second-order valence-corrected chi connectivity index (χ2v) is 3.49. The number of aromatic nitrogens is 1. The maximum Gasteiger partial charge on any atom is 0.318 e. The Morgan fingerprint density at radius 1 is 1.60 bits per heavy atom. The summed E-state index contributed by atoms with van der Waals surface area (Å²) in [6.07, 6.45) is 1.73. The van der Waals surface area contributed by atoms with E-state index in [-0.39, 0.29) is 12.1 Å². The molecule has 1 aliphatic rings. The molecule has 5 nitrogen and oxygen atoms in total. The van der Waals surface area contributed by atoms with Gasteiger partial charge in [-0.2, -0.15) is 0 Å². The van der Waals surface area contributed by atoms with Crippen molar-refractivity contribution in [3.63, 3.8) is 0 Å². The van der Waals surface area contributed by atoms with E-state index in [2.05, 4.69) is 10.3 Å². The van der Waals surface area contributed by atoms with E-state index in [0.717, 1.165) is 5.69 Å². The van der Waals surface area contributed by atoms with Crippen LogP contribution >= 0.6 is 0 Å². The van der Waals surface area contributed by atoms with E-state index in [0.29, 0.717) is 19.6 Å². The molecule has 2 amide bonds. The highest BCUT2D eigenvalue weighted by Gasteiger charge is 2.29. The normalized spacial score (nSPS) is 20.5. The van der Waals surface area contributed by atoms with Gasteiger partial charge in [0.05, 0.1) is 11.7 Å². The molecule has 5 heteroatoms. The fourth-order valence-electron chi connectivity index (χ4n) is 1.69. The lowest BCUT2D eigenvalue weighted by molar-refractivity contribution is 0.218. The molecule has 2 rings (SSSR count). The Labute approximate surface area is 88.3 Å². The van der Waals surface area contributed by atoms with Crippen LogP contribution in [0.4, 0.5) is 4.79 Å². The standard InChI is InChI=1S/C10H14N4O/c11-4-6-14-7-9(13-10(14)15)8-3-1-2-5-12-8/h1-3,5,9H,4,6-7,11H2,(H,13,15). The minimum absolute atomic E-state index is 0.00903. The number of nitrogens with two attached hydrogens (primary N) is 1. The van der Waals surface area contributed by atoms with Crippen molar-refractivity contribution in [2.75, 3.05) is 19.6 Å². The summed E-state index contributed by atoms with van der Waals surface area (Å²) in [6, 6.07) is 5.62. The van der Waals surface area contributed by atoms with E-state index in [9.17, 15) is 4.79 Å². The maximum absolute atomic E-state index is 11.5. The van der Waals surface area contributed by atoms with Gasteiger partial charge in [0.1, 0.15) is 0 Å². The van der Waals surface area contributed by atoms with Gasteiger partial charge in [-0.05, 0) is 12.1 Å². The van der Waals surface area contributed by atoms with E-state index in [4.69, 9.17) is 5.73 Å². The topological polar surface area (TPSA) is 71.2 Å². The fourth-order valence-corrected chi connectivity index (χ4v) is 1.69. The van der Waals surface area contributed by atoms with Crippen LogP contribution in [-0.4, -0.2) is 35.5 Å². The van der Waals surface area contributed by atoms with Crippen molar-refractivity contribution in [3.8, 4) is 0 Å². The molecule has 1 unspecified atom stereocenters. The smallest absolute Gasteiger partial charge is 0.318 e. The van der Waals surface area contributed by atoms with Gasteiger partial charge in [-0.25, -0.2) is 4.79 Å². The lowest BCUT2D eigenvalue weighted by Crippen LogP contribution is -2.32. The van der Waals surface area contributed by atoms with Gasteiger partial charge in [-0.1, -0.05) is 6.07 Å². The minimum atomic E-state index is -0.0592. The Bertz CT molecular complexity index is 341. The molecule has 15 heavy (non-hydrogen) atoms. The number of carbonyl (C=O) groups excluding carboxylic acids is 1. The highest BCUT2D eigenvalue weighted by Crippen LogP contribution is 2.17. The number of carbonyl (C=O) groups is 1. The van der Waals surface area contributed by atoms with Gasteiger partial charge in [0.25, 0.3) is 0 Å². The van der Waals surface area contributed by atoms with Crippen LogP contribution in [0.15, 0.2) is 24.4 Å². The zero-order valence-corrected chi connectivity index (χ0v) is 8.39. The first-order chi connectivity index (χ1) is 7.31. The predicted molar refractivity (Wildman–Crippen MR) is 56.1 cm³/mol. The minimum Gasteiger partial charge on any atom is -0.329 e. The molecule has 0 aliphatic carbocycles. The summed E-state index contributed by atoms with van der Waals surface area (Å²) in [5.74, 6) is 0. The third-order valence-electron chi connectivity index (χ3n) is 2.43. The predicted octanol–water partition coefficient (Wildman–Crippen LogP) is 0.107. The molecule has 1 aromatic heterocycles. The lowest BCUT2D eigenvalue weighted by atomic mass is 10.2. The van der Waals surface area contributed by atoms with Crippen molar-refractivity contribution in [1.29, 1.82) is 0 Å². The first-order valence-electron chi connectivity index (χ1n) is 4.97. The Balaban J connectivity index is 2.06. The zero-order chi connectivity index (χ0) is 10.7. The quantitative estimate of drug-likeness (QED) is 0.737. The van der Waals surface area contributed by atoms with Crippen molar-refractivity contribution in [1.82, 2.24) is 15.2 Å². The molecule has 0 aromatic carbocycles. The summed E-state index contributed by atoms with van der Waals surface area (Å²) >= 11 is 0. The number of nitrogens with zero attached hydrogens (tertiary/aromatic N) is 2. The van der Waals surface area contributed by atoms with Gasteiger partial charge >= 0.3 is 6.03 Å². The van der Waals surface area contributed by atoms with Gasteiger partial charge in [0.15, 0.2) is 0 Å². The SMILES string of the molecule is NCCN1CC(c2ccccn2)NC1=O. The van der Waals surface area contributed by atoms with Crippen molar-refractivity contribution in [2.24, 2.45) is 5.73 Å². The number of urea groups is 1. The number of nitrogens with one attached hydrogen (secondary N) is 1. The van der Waals surface area contributed by atoms with Crippen LogP contribution in [0, 0.1) is 0 Å². The molecular formula is C10H14N4O. The average molecular weight is 206 g/mol. The Kier molecular flexibility index (Phi) is 2.82. The van der Waals surface area contributed by atoms with Gasteiger partial charge in [0.2, 0.25) is 0 Å². The van der Waals surface area contributed by atoms with Crippen molar-refractivity contribution < 1.29 is 4.79 Å². The summed E-state index contributed by atoms with van der Waals surface area (Å²) in [7, 11) is 0. The van der Waals surface area contributed by atoms with Gasteiger partial charge < -0.3 is 16.0 Å². The molecule has 80 valence electrons. The number of rotatable bonds is 3. The van der Waals surface area contributed by atoms with Crippen LogP contribution in [-0.2, 0) is 0 Å². The summed E-state index contributed by atoms with van der Waals surface area (Å²) in [5.41, 5.74) is 6.31. The van der Waals surface area contributed by atoms with E-state index >= 15 is 0 Å². The van der Waals surface area contributed by atoms with Crippen molar-refractivity contribution in [3.05, 3.63) is 30.1 Å². The fraction of sp³-hybridized carbons (Fsp3) is 0.400. The first-order valence-corrected chi connectivity index (χ1v) is 4.97. The largest absolute Gasteiger partial charge is 0.329 e. The third-order valence-corrected chi connectivity index (χ3v) is 2.43. The van der Waals surface area contributed by atoms with Crippen LogP contribution in [0.25, 0.3) is 0 Å². The molecule has 1 aliphatic heterocycles. The molecule has 1 aromatic rings. The Hall–Kier alpha value is -1.62. The van der Waals surface area contributed by atoms with Gasteiger partial charge in [-0.15, -0.1) is 0 Å². The zero-order valence-electron chi connectivity index (χ0n) is 8.39. The van der Waals surface area contributed by atoms with Crippen LogP contribution in [0.5, 0.6) is 0 Å². The lowest BCUT2D eigenvalue weighted by Gasteiger charge is -2.12. The molecular weight excluding hydrogens is 192 g/mol. The maximum atomic E-state index is 11.5. The monoisotopic (exact) mass is 206 g/mol. The molecule has 0 radical (unpaired) electrons. The van der Waals surface area contributed by atoms with Crippen molar-refractivity contribution >= 4 is 6.03 Å². The summed E-state index contributed by atoms with van der Waals surface area (Å²) < 4.78 is 0. The summed E-state index contributed by atoms with van der Waals surface area (Å²) in [6.45, 7) is 1.73. The van der Waals surface area contributed by atoms with Gasteiger partial charge in [-0.3, -0.25) is 4.98 Å². The molecule has 1 saturated heterocycles. The van der Waals surface area contributed by atoms with Crippen LogP contribution in [0.1, 0.15) is 11.7 Å². The molecule has 0 bridgehead atoms. The summed E-state index contributed by atoms with van der Waals surface area (Å²) in [4.78, 5) is 17.4. The third kappa shape index (κ3) is 2.07. The average Bonchev–Trinajstić information content (AvgIpc) is 2.63. The second-order valence-electron chi connectivity index (χ2n) is 3.49. The van der Waals surface area contributed by atoms with Crippen LogP contribution in [0.3, 0.4) is 0 Å². The molecule has 3 N–H and O–H groups in total. The van der Waals surface area contributed by atoms with E-state index in [1.54, 1.807) is 11.1 Å². The molecule has 1 fully saturated rings. The number of hydrogen-bond acceptors (Lipinski definition) is 3. The van der Waals surface area contributed by atoms with Crippen LogP contribution < -0.4 is 11.1 Å². The summed E-state index contributed by atoms with van der Waals surface area (Å²) in [5, 5.41) is 2.87. The number of pyridine rings is 1.